The number of anilines is 1. The highest BCUT2D eigenvalue weighted by molar-refractivity contribution is 7.14. The molecular weight excluding hydrogens is 362 g/mol. The molecule has 1 N–H and O–H groups in total. The Hall–Kier alpha value is -2.52. The Morgan fingerprint density at radius 3 is 2.92 bits per heavy atom. The second kappa shape index (κ2) is 7.58. The Morgan fingerprint density at radius 1 is 1.40 bits per heavy atom. The fourth-order valence-corrected chi connectivity index (χ4v) is 3.53. The SMILES string of the molecule is Cc1cc(NC(=O)[C@@H](C)OC(=O)Cc2csc(-c3ccsc3)n2)no1. The van der Waals surface area contributed by atoms with Crippen molar-refractivity contribution >= 4 is 40.4 Å². The second-order valence-electron chi connectivity index (χ2n) is 5.28. The van der Waals surface area contributed by atoms with Gasteiger partial charge in [-0.15, -0.1) is 11.3 Å². The summed E-state index contributed by atoms with van der Waals surface area (Å²) >= 11 is 3.06. The number of amides is 1. The Bertz CT molecular complexity index is 870. The van der Waals surface area contributed by atoms with E-state index in [0.29, 0.717) is 11.5 Å². The maximum absolute atomic E-state index is 12.0. The first-order chi connectivity index (χ1) is 12.0. The summed E-state index contributed by atoms with van der Waals surface area (Å²) in [6.07, 6.45) is -0.930. The van der Waals surface area contributed by atoms with Crippen LogP contribution in [0.1, 0.15) is 18.4 Å². The molecule has 3 aromatic rings. The van der Waals surface area contributed by atoms with Crippen LogP contribution in [0, 0.1) is 6.92 Å². The molecular formula is C16H15N3O4S2. The van der Waals surface area contributed by atoms with Gasteiger partial charge in [0.15, 0.2) is 11.9 Å². The minimum Gasteiger partial charge on any atom is -0.452 e. The van der Waals surface area contributed by atoms with Gasteiger partial charge >= 0.3 is 5.97 Å². The lowest BCUT2D eigenvalue weighted by Gasteiger charge is -2.11. The van der Waals surface area contributed by atoms with E-state index in [1.54, 1.807) is 24.3 Å². The van der Waals surface area contributed by atoms with E-state index in [0.717, 1.165) is 10.6 Å². The highest BCUT2D eigenvalue weighted by atomic mass is 32.1. The lowest BCUT2D eigenvalue weighted by atomic mass is 10.3. The van der Waals surface area contributed by atoms with E-state index in [2.05, 4.69) is 15.5 Å². The van der Waals surface area contributed by atoms with Crippen molar-refractivity contribution in [2.45, 2.75) is 26.4 Å². The predicted molar refractivity (Wildman–Crippen MR) is 94.6 cm³/mol. The number of thiophene rings is 1. The average molecular weight is 377 g/mol. The van der Waals surface area contributed by atoms with Gasteiger partial charge in [0.1, 0.15) is 10.8 Å². The van der Waals surface area contributed by atoms with Crippen LogP contribution in [-0.4, -0.2) is 28.1 Å². The number of ether oxygens (including phenoxy) is 1. The third kappa shape index (κ3) is 4.52. The van der Waals surface area contributed by atoms with E-state index >= 15 is 0 Å². The van der Waals surface area contributed by atoms with E-state index in [-0.39, 0.29) is 12.2 Å². The Balaban J connectivity index is 1.52. The topological polar surface area (TPSA) is 94.3 Å². The molecule has 0 aromatic carbocycles. The standard InChI is InChI=1S/C16H15N3O4S2/c1-9-5-13(19-23-9)18-15(21)10(2)22-14(20)6-12-8-25-16(17-12)11-3-4-24-7-11/h3-5,7-8,10H,6H2,1-2H3,(H,18,19,21)/t10-/m1/s1. The quantitative estimate of drug-likeness (QED) is 0.663. The number of hydrogen-bond acceptors (Lipinski definition) is 8. The van der Waals surface area contributed by atoms with Crippen LogP contribution in [0.4, 0.5) is 5.82 Å². The molecule has 25 heavy (non-hydrogen) atoms. The molecule has 0 aliphatic heterocycles. The van der Waals surface area contributed by atoms with E-state index in [4.69, 9.17) is 9.26 Å². The minimum atomic E-state index is -0.945. The molecule has 9 heteroatoms. The maximum atomic E-state index is 12.0. The van der Waals surface area contributed by atoms with Crippen LogP contribution in [0.25, 0.3) is 10.6 Å². The summed E-state index contributed by atoms with van der Waals surface area (Å²) in [4.78, 5) is 28.4. The van der Waals surface area contributed by atoms with E-state index in [1.165, 1.54) is 18.3 Å². The summed E-state index contributed by atoms with van der Waals surface area (Å²) in [5.41, 5.74) is 1.65. The smallest absolute Gasteiger partial charge is 0.312 e. The van der Waals surface area contributed by atoms with Gasteiger partial charge in [0, 0.05) is 22.4 Å². The lowest BCUT2D eigenvalue weighted by Crippen LogP contribution is -2.30. The van der Waals surface area contributed by atoms with Crippen molar-refractivity contribution in [3.63, 3.8) is 0 Å². The summed E-state index contributed by atoms with van der Waals surface area (Å²) in [7, 11) is 0. The minimum absolute atomic E-state index is 0.0152. The van der Waals surface area contributed by atoms with Gasteiger partial charge in [-0.25, -0.2) is 4.98 Å². The molecule has 7 nitrogen and oxygen atoms in total. The molecule has 3 rings (SSSR count). The predicted octanol–water partition coefficient (Wildman–Crippen LogP) is 3.28. The van der Waals surface area contributed by atoms with E-state index in [1.807, 2.05) is 22.2 Å². The molecule has 0 radical (unpaired) electrons. The number of nitrogens with zero attached hydrogens (tertiary/aromatic N) is 2. The molecule has 130 valence electrons. The van der Waals surface area contributed by atoms with Crippen molar-refractivity contribution in [3.05, 3.63) is 39.7 Å². The maximum Gasteiger partial charge on any atom is 0.312 e. The van der Waals surface area contributed by atoms with Crippen LogP contribution in [-0.2, 0) is 20.7 Å². The molecule has 0 fully saturated rings. The molecule has 0 aliphatic rings. The fraction of sp³-hybridized carbons (Fsp3) is 0.250. The van der Waals surface area contributed by atoms with Gasteiger partial charge in [0.05, 0.1) is 12.1 Å². The first kappa shape index (κ1) is 17.3. The average Bonchev–Trinajstić information content (AvgIpc) is 3.28. The van der Waals surface area contributed by atoms with Crippen LogP contribution in [0.15, 0.2) is 32.8 Å². The van der Waals surface area contributed by atoms with Crippen molar-refractivity contribution < 1.29 is 18.8 Å². The first-order valence-electron chi connectivity index (χ1n) is 7.42. The third-order valence-corrected chi connectivity index (χ3v) is 4.83. The van der Waals surface area contributed by atoms with Gasteiger partial charge in [-0.1, -0.05) is 5.16 Å². The summed E-state index contributed by atoms with van der Waals surface area (Å²) < 4.78 is 10.0. The first-order valence-corrected chi connectivity index (χ1v) is 9.24. The molecule has 0 bridgehead atoms. The molecule has 0 unspecified atom stereocenters. The summed E-state index contributed by atoms with van der Waals surface area (Å²) in [6, 6.07) is 3.55. The van der Waals surface area contributed by atoms with Crippen molar-refractivity contribution in [1.82, 2.24) is 10.1 Å². The zero-order valence-corrected chi connectivity index (χ0v) is 15.1. The number of esters is 1. The number of aryl methyl sites for hydroxylation is 1. The normalized spacial score (nSPS) is 11.9. The van der Waals surface area contributed by atoms with Gasteiger partial charge in [-0.05, 0) is 25.3 Å². The molecule has 3 aromatic heterocycles. The third-order valence-electron chi connectivity index (χ3n) is 3.20. The fourth-order valence-electron chi connectivity index (χ4n) is 2.00. The van der Waals surface area contributed by atoms with Crippen LogP contribution in [0.2, 0.25) is 0 Å². The van der Waals surface area contributed by atoms with E-state index in [9.17, 15) is 9.59 Å². The van der Waals surface area contributed by atoms with Gasteiger partial charge < -0.3 is 14.6 Å². The van der Waals surface area contributed by atoms with Crippen molar-refractivity contribution in [2.24, 2.45) is 0 Å². The van der Waals surface area contributed by atoms with Crippen LogP contribution < -0.4 is 5.32 Å². The molecule has 3 heterocycles. The highest BCUT2D eigenvalue weighted by Gasteiger charge is 2.20. The van der Waals surface area contributed by atoms with Crippen LogP contribution in [0.5, 0.6) is 0 Å². The van der Waals surface area contributed by atoms with Gasteiger partial charge in [-0.2, -0.15) is 11.3 Å². The molecule has 0 saturated carbocycles. The number of rotatable bonds is 6. The molecule has 1 amide bonds. The Labute approximate surface area is 151 Å². The van der Waals surface area contributed by atoms with Crippen LogP contribution >= 0.6 is 22.7 Å². The van der Waals surface area contributed by atoms with Crippen molar-refractivity contribution in [2.75, 3.05) is 5.32 Å². The lowest BCUT2D eigenvalue weighted by molar-refractivity contribution is -0.152. The number of thiazole rings is 1. The number of aromatic nitrogens is 2. The summed E-state index contributed by atoms with van der Waals surface area (Å²) in [5, 5.41) is 12.8. The van der Waals surface area contributed by atoms with Crippen LogP contribution in [0.3, 0.4) is 0 Å². The van der Waals surface area contributed by atoms with Gasteiger partial charge in [0.2, 0.25) is 0 Å². The molecule has 1 atom stereocenters. The summed E-state index contributed by atoms with van der Waals surface area (Å²) in [6.45, 7) is 3.21. The molecule has 0 aliphatic carbocycles. The summed E-state index contributed by atoms with van der Waals surface area (Å²) in [5.74, 6) is -0.129. The number of carbonyl (C=O) groups is 2. The highest BCUT2D eigenvalue weighted by Crippen LogP contribution is 2.25. The molecule has 0 spiro atoms. The number of carbonyl (C=O) groups excluding carboxylic acids is 2. The zero-order chi connectivity index (χ0) is 17.8. The van der Waals surface area contributed by atoms with Gasteiger partial charge in [0.25, 0.3) is 5.91 Å². The number of nitrogens with one attached hydrogen (secondary N) is 1. The monoisotopic (exact) mass is 377 g/mol. The largest absolute Gasteiger partial charge is 0.452 e. The van der Waals surface area contributed by atoms with E-state index < -0.39 is 18.0 Å². The Kier molecular flexibility index (Phi) is 5.25. The zero-order valence-electron chi connectivity index (χ0n) is 13.5. The number of hydrogen-bond donors (Lipinski definition) is 1. The van der Waals surface area contributed by atoms with Crippen molar-refractivity contribution in [1.29, 1.82) is 0 Å². The van der Waals surface area contributed by atoms with Crippen molar-refractivity contribution in [3.8, 4) is 10.6 Å². The molecule has 0 saturated heterocycles. The second-order valence-corrected chi connectivity index (χ2v) is 6.92. The van der Waals surface area contributed by atoms with Gasteiger partial charge in [-0.3, -0.25) is 9.59 Å². The Morgan fingerprint density at radius 2 is 2.24 bits per heavy atom.